The predicted octanol–water partition coefficient (Wildman–Crippen LogP) is 7.54. The van der Waals surface area contributed by atoms with E-state index < -0.39 is 24.2 Å². The standard InChI is InChI=1S/C33H34N6O6/c1-20-5-11-26(18-28(20)38-32(42)44-3)36-30(40)34-24-13-7-22(8-14-24)17-23-9-15-25(16-10-23)35-31(41)37-27-12-6-21(2)29(19-27)39-33(43)45-4/h5-16,18-19H,17H2,1-4H3,(H,38,42)(H,39,43)(H2,34,36,40)(H2,35,37,41). The third-order valence-electron chi connectivity index (χ3n) is 6.67. The van der Waals surface area contributed by atoms with Crippen LogP contribution in [-0.2, 0) is 15.9 Å². The van der Waals surface area contributed by atoms with Crippen molar-refractivity contribution in [2.75, 3.05) is 46.1 Å². The zero-order valence-corrected chi connectivity index (χ0v) is 25.2. The zero-order chi connectivity index (χ0) is 32.3. The Labute approximate surface area is 260 Å². The molecule has 0 heterocycles. The number of hydrogen-bond donors (Lipinski definition) is 6. The summed E-state index contributed by atoms with van der Waals surface area (Å²) < 4.78 is 9.26. The van der Waals surface area contributed by atoms with Gasteiger partial charge in [-0.3, -0.25) is 10.6 Å². The number of ether oxygens (including phenoxy) is 2. The van der Waals surface area contributed by atoms with Crippen molar-refractivity contribution in [3.05, 3.63) is 107 Å². The van der Waals surface area contributed by atoms with Crippen LogP contribution < -0.4 is 31.9 Å². The second kappa shape index (κ2) is 14.9. The van der Waals surface area contributed by atoms with Gasteiger partial charge in [0.25, 0.3) is 0 Å². The number of urea groups is 2. The van der Waals surface area contributed by atoms with E-state index in [-0.39, 0.29) is 0 Å². The maximum atomic E-state index is 12.5. The molecule has 4 rings (SSSR count). The predicted molar refractivity (Wildman–Crippen MR) is 175 cm³/mol. The summed E-state index contributed by atoms with van der Waals surface area (Å²) in [5, 5.41) is 16.3. The van der Waals surface area contributed by atoms with Crippen LogP contribution in [0, 0.1) is 13.8 Å². The van der Waals surface area contributed by atoms with Crippen LogP contribution in [0.2, 0.25) is 0 Å². The Morgan fingerprint density at radius 2 is 0.822 bits per heavy atom. The van der Waals surface area contributed by atoms with E-state index in [0.29, 0.717) is 40.5 Å². The summed E-state index contributed by atoms with van der Waals surface area (Å²) in [5.74, 6) is 0. The van der Waals surface area contributed by atoms with Crippen molar-refractivity contribution in [2.45, 2.75) is 20.3 Å². The summed E-state index contributed by atoms with van der Waals surface area (Å²) in [6.45, 7) is 3.66. The van der Waals surface area contributed by atoms with Crippen LogP contribution in [0.25, 0.3) is 0 Å². The van der Waals surface area contributed by atoms with E-state index >= 15 is 0 Å². The molecule has 0 aliphatic carbocycles. The Kier molecular flexibility index (Phi) is 10.6. The zero-order valence-electron chi connectivity index (χ0n) is 25.2. The first-order valence-electron chi connectivity index (χ1n) is 13.9. The third-order valence-corrected chi connectivity index (χ3v) is 6.67. The minimum Gasteiger partial charge on any atom is -0.453 e. The van der Waals surface area contributed by atoms with Crippen molar-refractivity contribution in [3.63, 3.8) is 0 Å². The number of amides is 6. The minimum absolute atomic E-state index is 0.427. The molecule has 0 saturated carbocycles. The maximum Gasteiger partial charge on any atom is 0.411 e. The molecule has 0 atom stereocenters. The van der Waals surface area contributed by atoms with E-state index in [4.69, 9.17) is 0 Å². The number of aryl methyl sites for hydroxylation is 2. The SMILES string of the molecule is COC(=O)Nc1cc(NC(=O)Nc2ccc(Cc3ccc(NC(=O)Nc4ccc(C)c(NC(=O)OC)c4)cc3)cc2)ccc1C. The van der Waals surface area contributed by atoms with Crippen molar-refractivity contribution in [2.24, 2.45) is 0 Å². The Morgan fingerprint density at radius 1 is 0.489 bits per heavy atom. The monoisotopic (exact) mass is 610 g/mol. The van der Waals surface area contributed by atoms with Crippen LogP contribution in [0.3, 0.4) is 0 Å². The van der Waals surface area contributed by atoms with Crippen LogP contribution in [0.5, 0.6) is 0 Å². The van der Waals surface area contributed by atoms with E-state index in [0.717, 1.165) is 22.3 Å². The molecule has 6 N–H and O–H groups in total. The first-order chi connectivity index (χ1) is 21.6. The number of carbonyl (C=O) groups excluding carboxylic acids is 4. The van der Waals surface area contributed by atoms with Gasteiger partial charge in [0.2, 0.25) is 0 Å². The van der Waals surface area contributed by atoms with E-state index in [1.54, 1.807) is 36.4 Å². The fraction of sp³-hybridized carbons (Fsp3) is 0.152. The van der Waals surface area contributed by atoms with Crippen LogP contribution >= 0.6 is 0 Å². The first kappa shape index (κ1) is 31.9. The van der Waals surface area contributed by atoms with E-state index in [1.165, 1.54) is 14.2 Å². The molecule has 0 spiro atoms. The number of anilines is 6. The molecule has 45 heavy (non-hydrogen) atoms. The number of carbonyl (C=O) groups is 4. The Morgan fingerprint density at radius 3 is 1.18 bits per heavy atom. The number of methoxy groups -OCH3 is 2. The normalized spacial score (nSPS) is 10.2. The molecule has 6 amide bonds. The lowest BCUT2D eigenvalue weighted by Gasteiger charge is -2.12. The molecule has 0 aliphatic heterocycles. The van der Waals surface area contributed by atoms with E-state index in [2.05, 4.69) is 41.4 Å². The first-order valence-corrected chi connectivity index (χ1v) is 13.9. The molecule has 0 aliphatic rings. The molecular formula is C33H34N6O6. The summed E-state index contributed by atoms with van der Waals surface area (Å²) in [6.07, 6.45) is -0.542. The number of hydrogen-bond acceptors (Lipinski definition) is 6. The highest BCUT2D eigenvalue weighted by molar-refractivity contribution is 6.01. The fourth-order valence-electron chi connectivity index (χ4n) is 4.23. The van der Waals surface area contributed by atoms with Crippen LogP contribution in [0.4, 0.5) is 53.3 Å². The molecule has 4 aromatic carbocycles. The second-order valence-corrected chi connectivity index (χ2v) is 10.0. The summed E-state index contributed by atoms with van der Waals surface area (Å²) in [4.78, 5) is 48.2. The lowest BCUT2D eigenvalue weighted by Crippen LogP contribution is -2.20. The highest BCUT2D eigenvalue weighted by Gasteiger charge is 2.10. The summed E-state index contributed by atoms with van der Waals surface area (Å²) in [5.41, 5.74) is 7.02. The lowest BCUT2D eigenvalue weighted by atomic mass is 10.0. The largest absolute Gasteiger partial charge is 0.453 e. The number of benzene rings is 4. The van der Waals surface area contributed by atoms with Gasteiger partial charge in [0, 0.05) is 34.1 Å². The molecule has 0 fully saturated rings. The molecule has 0 saturated heterocycles. The van der Waals surface area contributed by atoms with E-state index in [9.17, 15) is 19.2 Å². The van der Waals surface area contributed by atoms with Gasteiger partial charge in [-0.15, -0.1) is 0 Å². The molecule has 12 heteroatoms. The molecule has 0 bridgehead atoms. The topological polar surface area (TPSA) is 159 Å². The van der Waals surface area contributed by atoms with Crippen molar-refractivity contribution in [1.82, 2.24) is 0 Å². The molecule has 12 nitrogen and oxygen atoms in total. The minimum atomic E-state index is -0.596. The van der Waals surface area contributed by atoms with Crippen LogP contribution in [-0.4, -0.2) is 38.5 Å². The van der Waals surface area contributed by atoms with Gasteiger partial charge in [0.15, 0.2) is 0 Å². The number of nitrogens with one attached hydrogen (secondary N) is 6. The van der Waals surface area contributed by atoms with Crippen molar-refractivity contribution >= 4 is 58.4 Å². The Bertz CT molecular complexity index is 1560. The molecule has 0 radical (unpaired) electrons. The third kappa shape index (κ3) is 9.48. The quantitative estimate of drug-likeness (QED) is 0.121. The summed E-state index contributed by atoms with van der Waals surface area (Å²) >= 11 is 0. The Balaban J connectivity index is 1.27. The van der Waals surface area contributed by atoms with Crippen LogP contribution in [0.1, 0.15) is 22.3 Å². The van der Waals surface area contributed by atoms with Gasteiger partial charge >= 0.3 is 24.2 Å². The van der Waals surface area contributed by atoms with Gasteiger partial charge in [-0.25, -0.2) is 19.2 Å². The summed E-state index contributed by atoms with van der Waals surface area (Å²) in [7, 11) is 2.56. The van der Waals surface area contributed by atoms with Crippen LogP contribution in [0.15, 0.2) is 84.9 Å². The summed E-state index contributed by atoms with van der Waals surface area (Å²) in [6, 6.07) is 24.4. The van der Waals surface area contributed by atoms with Crippen molar-refractivity contribution in [3.8, 4) is 0 Å². The van der Waals surface area contributed by atoms with Gasteiger partial charge in [-0.1, -0.05) is 36.4 Å². The fourth-order valence-corrected chi connectivity index (χ4v) is 4.23. The average molecular weight is 611 g/mol. The van der Waals surface area contributed by atoms with Gasteiger partial charge < -0.3 is 30.7 Å². The van der Waals surface area contributed by atoms with Crippen molar-refractivity contribution < 1.29 is 28.7 Å². The smallest absolute Gasteiger partial charge is 0.411 e. The van der Waals surface area contributed by atoms with Gasteiger partial charge in [0.1, 0.15) is 0 Å². The van der Waals surface area contributed by atoms with Gasteiger partial charge in [0.05, 0.1) is 14.2 Å². The van der Waals surface area contributed by atoms with Gasteiger partial charge in [-0.05, 0) is 91.1 Å². The molecule has 0 aromatic heterocycles. The van der Waals surface area contributed by atoms with E-state index in [1.807, 2.05) is 62.4 Å². The van der Waals surface area contributed by atoms with Gasteiger partial charge in [-0.2, -0.15) is 0 Å². The molecule has 4 aromatic rings. The molecule has 232 valence electrons. The molecule has 0 unspecified atom stereocenters. The highest BCUT2D eigenvalue weighted by atomic mass is 16.5. The average Bonchev–Trinajstić information content (AvgIpc) is 3.02. The molecular weight excluding hydrogens is 576 g/mol. The number of rotatable bonds is 8. The maximum absolute atomic E-state index is 12.5. The highest BCUT2D eigenvalue weighted by Crippen LogP contribution is 2.23. The Hall–Kier alpha value is -6.04. The van der Waals surface area contributed by atoms with Crippen molar-refractivity contribution in [1.29, 1.82) is 0 Å². The lowest BCUT2D eigenvalue weighted by molar-refractivity contribution is 0.186. The second-order valence-electron chi connectivity index (χ2n) is 10.0.